The highest BCUT2D eigenvalue weighted by atomic mass is 35.6. The Bertz CT molecular complexity index is 682. The van der Waals surface area contributed by atoms with Crippen LogP contribution in [-0.2, 0) is 0 Å². The van der Waals surface area contributed by atoms with Crippen molar-refractivity contribution in [2.24, 2.45) is 0 Å². The number of fused-ring (bicyclic) bond motifs is 1. The zero-order chi connectivity index (χ0) is 15.7. The van der Waals surface area contributed by atoms with Gasteiger partial charge in [0.25, 0.3) is 0 Å². The van der Waals surface area contributed by atoms with Crippen LogP contribution in [0.3, 0.4) is 0 Å². The zero-order valence-corrected chi connectivity index (χ0v) is 15.3. The Morgan fingerprint density at radius 3 is 2.32 bits per heavy atom. The molecule has 3 rings (SSSR count). The van der Waals surface area contributed by atoms with Crippen LogP contribution in [0.2, 0.25) is 13.1 Å². The Morgan fingerprint density at radius 2 is 1.64 bits per heavy atom. The van der Waals surface area contributed by atoms with Crippen molar-refractivity contribution in [2.75, 3.05) is 0 Å². The Kier molecular flexibility index (Phi) is 4.29. The second kappa shape index (κ2) is 6.06. The second-order valence-corrected chi connectivity index (χ2v) is 13.5. The minimum absolute atomic E-state index is 0.434. The van der Waals surface area contributed by atoms with E-state index >= 15 is 0 Å². The van der Waals surface area contributed by atoms with Gasteiger partial charge in [-0.15, -0.1) is 0 Å². The van der Waals surface area contributed by atoms with E-state index in [0.29, 0.717) is 11.5 Å². The summed E-state index contributed by atoms with van der Waals surface area (Å²) in [5.74, 6) is 0.527. The summed E-state index contributed by atoms with van der Waals surface area (Å²) in [4.78, 5) is 0. The van der Waals surface area contributed by atoms with Crippen LogP contribution in [0.1, 0.15) is 41.5 Å². The predicted molar refractivity (Wildman–Crippen MR) is 100.0 cm³/mol. The number of hydrogen-bond donors (Lipinski definition) is 0. The van der Waals surface area contributed by atoms with E-state index < -0.39 is 7.38 Å². The Balaban J connectivity index is 1.91. The van der Waals surface area contributed by atoms with Gasteiger partial charge in [-0.05, 0) is 34.6 Å². The molecule has 2 aromatic rings. The molecule has 0 heterocycles. The lowest BCUT2D eigenvalue weighted by Gasteiger charge is -2.21. The molecule has 2 aromatic carbocycles. The maximum Gasteiger partial charge on any atom is 0.161 e. The van der Waals surface area contributed by atoms with Gasteiger partial charge in [-0.1, -0.05) is 80.7 Å². The van der Waals surface area contributed by atoms with Crippen LogP contribution in [0.15, 0.2) is 60.7 Å². The van der Waals surface area contributed by atoms with Gasteiger partial charge in [-0.25, -0.2) is 0 Å². The number of hydrogen-bond acceptors (Lipinski definition) is 0. The second-order valence-electron chi connectivity index (χ2n) is 6.84. The summed E-state index contributed by atoms with van der Waals surface area (Å²) in [6.07, 6.45) is 3.53. The predicted octanol–water partition coefficient (Wildman–Crippen LogP) is 6.34. The summed E-state index contributed by atoms with van der Waals surface area (Å²) >= 11 is 6.78. The molecule has 1 aliphatic rings. The average Bonchev–Trinajstić information content (AvgIpc) is 2.87. The third-order valence-electron chi connectivity index (χ3n) is 4.64. The molecule has 0 nitrogen and oxygen atoms in total. The first-order valence-corrected chi connectivity index (χ1v) is 12.1. The van der Waals surface area contributed by atoms with Gasteiger partial charge >= 0.3 is 0 Å². The van der Waals surface area contributed by atoms with E-state index in [1.54, 1.807) is 0 Å². The zero-order valence-electron chi connectivity index (χ0n) is 13.5. The van der Waals surface area contributed by atoms with E-state index in [1.807, 2.05) is 0 Å². The Hall–Kier alpha value is -1.31. The van der Waals surface area contributed by atoms with Gasteiger partial charge in [0.05, 0.1) is 0 Å². The number of halogens is 1. The standard InChI is InChI=1S/C20H23ClSi/c1-15(16-9-5-4-6-10-16)13-17-14-20(22(2,3)21)19-12-8-7-11-18(17)19/h4-12,14-15,20H,13H2,1-3H3. The van der Waals surface area contributed by atoms with Crippen molar-refractivity contribution < 1.29 is 0 Å². The maximum absolute atomic E-state index is 6.78. The van der Waals surface area contributed by atoms with Gasteiger partial charge in [-0.3, -0.25) is 0 Å². The van der Waals surface area contributed by atoms with E-state index in [4.69, 9.17) is 11.1 Å². The molecule has 0 saturated carbocycles. The molecule has 2 unspecified atom stereocenters. The fraction of sp³-hybridized carbons (Fsp3) is 0.300. The lowest BCUT2D eigenvalue weighted by molar-refractivity contribution is 0.792. The monoisotopic (exact) mass is 326 g/mol. The van der Waals surface area contributed by atoms with Crippen LogP contribution in [-0.4, -0.2) is 7.38 Å². The fourth-order valence-electron chi connectivity index (χ4n) is 3.42. The first-order chi connectivity index (χ1) is 10.5. The minimum Gasteiger partial charge on any atom is -0.167 e. The third kappa shape index (κ3) is 3.06. The summed E-state index contributed by atoms with van der Waals surface area (Å²) in [6, 6.07) is 19.6. The lowest BCUT2D eigenvalue weighted by atomic mass is 9.91. The van der Waals surface area contributed by atoms with E-state index in [-0.39, 0.29) is 0 Å². The highest BCUT2D eigenvalue weighted by molar-refractivity contribution is 7.20. The molecule has 0 amide bonds. The van der Waals surface area contributed by atoms with Crippen molar-refractivity contribution in [1.29, 1.82) is 0 Å². The van der Waals surface area contributed by atoms with Crippen molar-refractivity contribution in [3.05, 3.63) is 77.4 Å². The van der Waals surface area contributed by atoms with E-state index in [0.717, 1.165) is 6.42 Å². The molecule has 0 saturated heterocycles. The highest BCUT2D eigenvalue weighted by Crippen LogP contribution is 2.45. The van der Waals surface area contributed by atoms with Crippen LogP contribution in [0.4, 0.5) is 0 Å². The summed E-state index contributed by atoms with van der Waals surface area (Å²) in [6.45, 7) is 6.81. The molecule has 0 radical (unpaired) electrons. The van der Waals surface area contributed by atoms with E-state index in [9.17, 15) is 0 Å². The molecule has 0 aliphatic heterocycles. The van der Waals surface area contributed by atoms with Gasteiger partial charge in [-0.2, -0.15) is 11.1 Å². The van der Waals surface area contributed by atoms with Crippen LogP contribution in [0.25, 0.3) is 5.57 Å². The largest absolute Gasteiger partial charge is 0.167 e. The highest BCUT2D eigenvalue weighted by Gasteiger charge is 2.35. The first-order valence-electron chi connectivity index (χ1n) is 8.00. The van der Waals surface area contributed by atoms with Gasteiger partial charge in [0.15, 0.2) is 7.38 Å². The molecule has 114 valence electrons. The minimum atomic E-state index is -1.75. The van der Waals surface area contributed by atoms with E-state index in [2.05, 4.69) is 80.7 Å². The topological polar surface area (TPSA) is 0 Å². The van der Waals surface area contributed by atoms with Crippen LogP contribution in [0.5, 0.6) is 0 Å². The van der Waals surface area contributed by atoms with Gasteiger partial charge in [0.2, 0.25) is 0 Å². The fourth-order valence-corrected chi connectivity index (χ4v) is 5.55. The van der Waals surface area contributed by atoms with E-state index in [1.165, 1.54) is 22.3 Å². The first kappa shape index (κ1) is 15.6. The van der Waals surface area contributed by atoms with Crippen molar-refractivity contribution in [3.63, 3.8) is 0 Å². The van der Waals surface area contributed by atoms with Crippen LogP contribution in [0, 0.1) is 0 Å². The number of allylic oxidation sites excluding steroid dienone is 2. The molecule has 0 N–H and O–H groups in total. The molecule has 0 bridgehead atoms. The maximum atomic E-state index is 6.78. The van der Waals surface area contributed by atoms with Gasteiger partial charge < -0.3 is 0 Å². The quantitative estimate of drug-likeness (QED) is 0.454. The third-order valence-corrected chi connectivity index (χ3v) is 7.31. The molecular formula is C20H23ClSi. The summed E-state index contributed by atoms with van der Waals surface area (Å²) in [7, 11) is -1.75. The molecule has 22 heavy (non-hydrogen) atoms. The normalized spacial score (nSPS) is 18.7. The molecule has 0 spiro atoms. The van der Waals surface area contributed by atoms with Gasteiger partial charge in [0.1, 0.15) is 0 Å². The smallest absolute Gasteiger partial charge is 0.161 e. The average molecular weight is 327 g/mol. The van der Waals surface area contributed by atoms with Crippen LogP contribution < -0.4 is 0 Å². The Labute approximate surface area is 139 Å². The molecular weight excluding hydrogens is 304 g/mol. The SMILES string of the molecule is CC(CC1=CC([Si](C)(C)Cl)c2ccccc21)c1ccccc1. The van der Waals surface area contributed by atoms with Gasteiger partial charge in [0, 0.05) is 5.54 Å². The molecule has 0 fully saturated rings. The molecule has 1 aliphatic carbocycles. The summed E-state index contributed by atoms with van der Waals surface area (Å²) in [5.41, 5.74) is 6.16. The number of rotatable bonds is 4. The van der Waals surface area contributed by atoms with Crippen LogP contribution >= 0.6 is 11.1 Å². The summed E-state index contributed by atoms with van der Waals surface area (Å²) in [5, 5.41) is 0. The number of benzene rings is 2. The van der Waals surface area contributed by atoms with Crippen molar-refractivity contribution in [1.82, 2.24) is 0 Å². The lowest BCUT2D eigenvalue weighted by Crippen LogP contribution is -2.25. The summed E-state index contributed by atoms with van der Waals surface area (Å²) < 4.78 is 0. The van der Waals surface area contributed by atoms with Crippen molar-refractivity contribution in [2.45, 2.75) is 37.9 Å². The van der Waals surface area contributed by atoms with Crippen molar-refractivity contribution in [3.8, 4) is 0 Å². The molecule has 0 aromatic heterocycles. The molecule has 2 heteroatoms. The molecule has 2 atom stereocenters. The van der Waals surface area contributed by atoms with Crippen molar-refractivity contribution >= 4 is 24.0 Å². The Morgan fingerprint density at radius 1 is 1.00 bits per heavy atom.